The van der Waals surface area contributed by atoms with Crippen LogP contribution in [0.3, 0.4) is 0 Å². The molecule has 6 heteroatoms. The molecule has 1 N–H and O–H groups in total. The van der Waals surface area contributed by atoms with Crippen molar-refractivity contribution in [2.24, 2.45) is 0 Å². The van der Waals surface area contributed by atoms with Gasteiger partial charge in [0.2, 0.25) is 0 Å². The molecule has 0 unspecified atom stereocenters. The molecule has 2 heterocycles. The number of hydrogen-bond acceptors (Lipinski definition) is 3. The van der Waals surface area contributed by atoms with Crippen LogP contribution in [0.1, 0.15) is 0 Å². The molecule has 4 aromatic rings. The summed E-state index contributed by atoms with van der Waals surface area (Å²) < 4.78 is 2.96. The molecular weight excluding hydrogens is 304 g/mol. The van der Waals surface area contributed by atoms with Crippen molar-refractivity contribution in [3.63, 3.8) is 0 Å². The number of carbonyl (C=O) groups is 1. The second-order valence-corrected chi connectivity index (χ2v) is 5.47. The van der Waals surface area contributed by atoms with Gasteiger partial charge in [-0.05, 0) is 29.7 Å². The predicted octanol–water partition coefficient (Wildman–Crippen LogP) is 2.12. The molecule has 0 saturated heterocycles. The Kier molecular flexibility index (Phi) is 3.35. The van der Waals surface area contributed by atoms with Gasteiger partial charge in [0.05, 0.1) is 10.9 Å². The fourth-order valence-corrected chi connectivity index (χ4v) is 2.75. The molecule has 0 aliphatic heterocycles. The zero-order chi connectivity index (χ0) is 16.5. The maximum absolute atomic E-state index is 12.4. The lowest BCUT2D eigenvalue weighted by molar-refractivity contribution is -0.117. The van der Waals surface area contributed by atoms with Crippen LogP contribution in [0.4, 0.5) is 0 Å². The highest BCUT2D eigenvalue weighted by Gasteiger charge is 2.09. The van der Waals surface area contributed by atoms with Crippen molar-refractivity contribution in [1.29, 1.82) is 0 Å². The van der Waals surface area contributed by atoms with Gasteiger partial charge in [0.1, 0.15) is 12.9 Å². The summed E-state index contributed by atoms with van der Waals surface area (Å²) in [6.07, 6.45) is 3.18. The highest BCUT2D eigenvalue weighted by atomic mass is 16.2. The molecule has 4 rings (SSSR count). The number of benzene rings is 2. The van der Waals surface area contributed by atoms with E-state index in [0.717, 1.165) is 15.6 Å². The fraction of sp³-hybridized carbons (Fsp3) is 0.0556. The molecule has 0 saturated carbocycles. The van der Waals surface area contributed by atoms with Gasteiger partial charge in [-0.1, -0.05) is 30.3 Å². The molecule has 24 heavy (non-hydrogen) atoms. The lowest BCUT2D eigenvalue weighted by Gasteiger charge is -2.09. The zero-order valence-electron chi connectivity index (χ0n) is 12.7. The zero-order valence-corrected chi connectivity index (χ0v) is 12.7. The predicted molar refractivity (Wildman–Crippen MR) is 92.3 cm³/mol. The van der Waals surface area contributed by atoms with E-state index in [1.165, 1.54) is 6.33 Å². The summed E-state index contributed by atoms with van der Waals surface area (Å²) in [5.41, 5.74) is 3.86. The molecule has 0 spiro atoms. The van der Waals surface area contributed by atoms with Crippen LogP contribution < -0.4 is 11.0 Å². The minimum atomic E-state index is -0.300. The Balaban J connectivity index is 1.60. The lowest BCUT2D eigenvalue weighted by Crippen LogP contribution is -2.34. The van der Waals surface area contributed by atoms with E-state index in [2.05, 4.69) is 10.4 Å². The second kappa shape index (κ2) is 5.66. The maximum Gasteiger partial charge on any atom is 0.280 e. The van der Waals surface area contributed by atoms with E-state index >= 15 is 0 Å². The Bertz CT molecular complexity index is 1110. The fourth-order valence-electron chi connectivity index (χ4n) is 2.75. The number of carbonyl (C=O) groups excluding carboxylic acids is 1. The molecule has 118 valence electrons. The molecule has 0 aliphatic rings. The van der Waals surface area contributed by atoms with Gasteiger partial charge in [0.15, 0.2) is 0 Å². The molecule has 0 radical (unpaired) electrons. The van der Waals surface area contributed by atoms with E-state index in [1.54, 1.807) is 18.2 Å². The lowest BCUT2D eigenvalue weighted by atomic mass is 10.2. The van der Waals surface area contributed by atoms with Crippen LogP contribution in [0.15, 0.2) is 71.9 Å². The van der Waals surface area contributed by atoms with Crippen molar-refractivity contribution in [3.8, 4) is 0 Å². The first kappa shape index (κ1) is 14.2. The molecule has 0 fully saturated rings. The van der Waals surface area contributed by atoms with Crippen molar-refractivity contribution in [1.82, 2.24) is 14.2 Å². The molecule has 0 aliphatic carbocycles. The quantitative estimate of drug-likeness (QED) is 0.629. The Morgan fingerprint density at radius 3 is 2.75 bits per heavy atom. The minimum Gasteiger partial charge on any atom is -0.338 e. The van der Waals surface area contributed by atoms with E-state index in [0.29, 0.717) is 10.9 Å². The molecule has 0 bridgehead atoms. The van der Waals surface area contributed by atoms with E-state index in [9.17, 15) is 9.59 Å². The van der Waals surface area contributed by atoms with Crippen LogP contribution in [-0.4, -0.2) is 20.1 Å². The number of hydrogen-bond donors (Lipinski definition) is 1. The standard InChI is InChI=1S/C18H14N4O2/c23-17(11-21-10-9-13-5-1-4-8-16(13)21)20-22-12-19-15-7-3-2-6-14(15)18(22)24/h1-10,12H,11H2,(H,20,23). The highest BCUT2D eigenvalue weighted by molar-refractivity contribution is 5.87. The molecule has 2 aromatic heterocycles. The van der Waals surface area contributed by atoms with Crippen molar-refractivity contribution in [2.75, 3.05) is 5.43 Å². The van der Waals surface area contributed by atoms with E-state index in [4.69, 9.17) is 0 Å². The van der Waals surface area contributed by atoms with Crippen LogP contribution >= 0.6 is 0 Å². The molecular formula is C18H14N4O2. The number of fused-ring (bicyclic) bond motifs is 2. The SMILES string of the molecule is O=C(Cn1ccc2ccccc21)Nn1cnc2ccccc2c1=O. The number of nitrogens with one attached hydrogen (secondary N) is 1. The molecule has 0 atom stereocenters. The topological polar surface area (TPSA) is 68.9 Å². The number of para-hydroxylation sites is 2. The monoisotopic (exact) mass is 318 g/mol. The van der Waals surface area contributed by atoms with Gasteiger partial charge >= 0.3 is 0 Å². The van der Waals surface area contributed by atoms with Gasteiger partial charge in [-0.15, -0.1) is 0 Å². The Morgan fingerprint density at radius 2 is 1.83 bits per heavy atom. The van der Waals surface area contributed by atoms with Crippen molar-refractivity contribution in [3.05, 3.63) is 77.5 Å². The highest BCUT2D eigenvalue weighted by Crippen LogP contribution is 2.14. The smallest absolute Gasteiger partial charge is 0.280 e. The normalized spacial score (nSPS) is 11.0. The van der Waals surface area contributed by atoms with Gasteiger partial charge < -0.3 is 4.57 Å². The first-order chi connectivity index (χ1) is 11.7. The molecule has 6 nitrogen and oxygen atoms in total. The number of rotatable bonds is 3. The summed E-state index contributed by atoms with van der Waals surface area (Å²) in [7, 11) is 0. The number of aromatic nitrogens is 3. The third kappa shape index (κ3) is 2.44. The number of nitrogens with zero attached hydrogens (tertiary/aromatic N) is 3. The maximum atomic E-state index is 12.4. The third-order valence-electron chi connectivity index (χ3n) is 3.90. The summed E-state index contributed by atoms with van der Waals surface area (Å²) >= 11 is 0. The van der Waals surface area contributed by atoms with Crippen LogP contribution in [0, 0.1) is 0 Å². The minimum absolute atomic E-state index is 0.118. The first-order valence-corrected chi connectivity index (χ1v) is 7.52. The molecule has 1 amide bonds. The summed E-state index contributed by atoms with van der Waals surface area (Å²) in [5, 5.41) is 1.53. The third-order valence-corrected chi connectivity index (χ3v) is 3.90. The van der Waals surface area contributed by atoms with Gasteiger partial charge in [-0.25, -0.2) is 9.66 Å². The van der Waals surface area contributed by atoms with Crippen LogP contribution in [0.25, 0.3) is 21.8 Å². The average Bonchev–Trinajstić information content (AvgIpc) is 3.01. The van der Waals surface area contributed by atoms with Crippen molar-refractivity contribution in [2.45, 2.75) is 6.54 Å². The Hall–Kier alpha value is -3.41. The largest absolute Gasteiger partial charge is 0.338 e. The van der Waals surface area contributed by atoms with Crippen LogP contribution in [0.5, 0.6) is 0 Å². The van der Waals surface area contributed by atoms with E-state index in [-0.39, 0.29) is 18.0 Å². The van der Waals surface area contributed by atoms with Gasteiger partial charge in [-0.3, -0.25) is 15.0 Å². The van der Waals surface area contributed by atoms with Crippen molar-refractivity contribution < 1.29 is 4.79 Å². The summed E-state index contributed by atoms with van der Waals surface area (Å²) in [4.78, 5) is 28.9. The van der Waals surface area contributed by atoms with Gasteiger partial charge in [0, 0.05) is 11.7 Å². The van der Waals surface area contributed by atoms with E-state index in [1.807, 2.05) is 47.2 Å². The van der Waals surface area contributed by atoms with Gasteiger partial charge in [0.25, 0.3) is 11.5 Å². The van der Waals surface area contributed by atoms with Crippen molar-refractivity contribution >= 4 is 27.7 Å². The first-order valence-electron chi connectivity index (χ1n) is 7.52. The van der Waals surface area contributed by atoms with Crippen LogP contribution in [0.2, 0.25) is 0 Å². The Labute approximate surface area is 136 Å². The summed E-state index contributed by atoms with van der Waals surface area (Å²) in [6.45, 7) is 0.118. The van der Waals surface area contributed by atoms with Gasteiger partial charge in [-0.2, -0.15) is 0 Å². The molecule has 2 aromatic carbocycles. The van der Waals surface area contributed by atoms with Crippen LogP contribution in [-0.2, 0) is 11.3 Å². The van der Waals surface area contributed by atoms with E-state index < -0.39 is 0 Å². The summed E-state index contributed by atoms with van der Waals surface area (Å²) in [5.74, 6) is -0.296. The second-order valence-electron chi connectivity index (χ2n) is 5.47. The Morgan fingerprint density at radius 1 is 1.04 bits per heavy atom. The summed E-state index contributed by atoms with van der Waals surface area (Å²) in [6, 6.07) is 16.8. The number of amides is 1. The average molecular weight is 318 g/mol.